The lowest BCUT2D eigenvalue weighted by molar-refractivity contribution is 0.706. The minimum absolute atomic E-state index is 0.671. The molecule has 2 aromatic heterocycles. The number of thiophene rings is 1. The second kappa shape index (κ2) is 4.16. The van der Waals surface area contributed by atoms with Crippen molar-refractivity contribution in [3.63, 3.8) is 0 Å². The maximum absolute atomic E-state index is 5.59. The van der Waals surface area contributed by atoms with Crippen molar-refractivity contribution < 1.29 is 0 Å². The molecule has 0 aliphatic rings. The Labute approximate surface area is 93.5 Å². The standard InChI is InChI=1S/C11H15N3S/c1-8-9(5-6-12)14(2)13-11(8)10-4-3-7-15-10/h3-4,7H,5-6,12H2,1-2H3. The highest BCUT2D eigenvalue weighted by Crippen LogP contribution is 2.28. The van der Waals surface area contributed by atoms with Gasteiger partial charge < -0.3 is 5.73 Å². The summed E-state index contributed by atoms with van der Waals surface area (Å²) in [6.07, 6.45) is 0.890. The number of nitrogens with zero attached hydrogens (tertiary/aromatic N) is 2. The molecule has 15 heavy (non-hydrogen) atoms. The van der Waals surface area contributed by atoms with Crippen molar-refractivity contribution in [1.82, 2.24) is 9.78 Å². The average Bonchev–Trinajstić information content (AvgIpc) is 2.81. The Morgan fingerprint density at radius 3 is 2.93 bits per heavy atom. The smallest absolute Gasteiger partial charge is 0.105 e. The van der Waals surface area contributed by atoms with Gasteiger partial charge >= 0.3 is 0 Å². The zero-order valence-electron chi connectivity index (χ0n) is 9.03. The molecule has 0 saturated carbocycles. The summed E-state index contributed by atoms with van der Waals surface area (Å²) in [4.78, 5) is 1.23. The number of hydrogen-bond donors (Lipinski definition) is 1. The van der Waals surface area contributed by atoms with E-state index < -0.39 is 0 Å². The van der Waals surface area contributed by atoms with Gasteiger partial charge in [0.2, 0.25) is 0 Å². The van der Waals surface area contributed by atoms with Crippen molar-refractivity contribution in [3.05, 3.63) is 28.8 Å². The molecular weight excluding hydrogens is 206 g/mol. The Morgan fingerprint density at radius 2 is 2.33 bits per heavy atom. The fraction of sp³-hybridized carbons (Fsp3) is 0.364. The van der Waals surface area contributed by atoms with Crippen LogP contribution in [0.4, 0.5) is 0 Å². The Kier molecular flexibility index (Phi) is 2.88. The predicted molar refractivity (Wildman–Crippen MR) is 64.0 cm³/mol. The molecule has 3 nitrogen and oxygen atoms in total. The van der Waals surface area contributed by atoms with E-state index in [1.54, 1.807) is 11.3 Å². The van der Waals surface area contributed by atoms with Crippen LogP contribution < -0.4 is 5.73 Å². The molecule has 2 rings (SSSR count). The molecule has 0 unspecified atom stereocenters. The predicted octanol–water partition coefficient (Wildman–Crippen LogP) is 1.96. The molecule has 0 saturated heterocycles. The highest BCUT2D eigenvalue weighted by molar-refractivity contribution is 7.13. The van der Waals surface area contributed by atoms with Crippen LogP contribution in [0.1, 0.15) is 11.3 Å². The van der Waals surface area contributed by atoms with Gasteiger partial charge in [0.1, 0.15) is 5.69 Å². The number of aryl methyl sites for hydroxylation is 1. The van der Waals surface area contributed by atoms with E-state index in [0.717, 1.165) is 12.1 Å². The molecule has 0 aromatic carbocycles. The highest BCUT2D eigenvalue weighted by atomic mass is 32.1. The SMILES string of the molecule is Cc1c(-c2cccs2)nn(C)c1CCN. The van der Waals surface area contributed by atoms with E-state index in [0.29, 0.717) is 6.54 Å². The molecule has 0 bridgehead atoms. The summed E-state index contributed by atoms with van der Waals surface area (Å²) in [5.74, 6) is 0. The fourth-order valence-corrected chi connectivity index (χ4v) is 2.56. The zero-order chi connectivity index (χ0) is 10.8. The van der Waals surface area contributed by atoms with Gasteiger partial charge in [-0.15, -0.1) is 11.3 Å². The van der Waals surface area contributed by atoms with E-state index in [2.05, 4.69) is 29.5 Å². The molecule has 0 aliphatic heterocycles. The zero-order valence-corrected chi connectivity index (χ0v) is 9.84. The molecule has 2 heterocycles. The van der Waals surface area contributed by atoms with Crippen molar-refractivity contribution in [2.24, 2.45) is 12.8 Å². The topological polar surface area (TPSA) is 43.8 Å². The first-order chi connectivity index (χ1) is 7.24. The summed E-state index contributed by atoms with van der Waals surface area (Å²) in [6, 6.07) is 4.16. The van der Waals surface area contributed by atoms with Gasteiger partial charge in [0.25, 0.3) is 0 Å². The minimum Gasteiger partial charge on any atom is -0.330 e. The van der Waals surface area contributed by atoms with Crippen LogP contribution in [0.3, 0.4) is 0 Å². The van der Waals surface area contributed by atoms with Crippen LogP contribution in [-0.2, 0) is 13.5 Å². The maximum atomic E-state index is 5.59. The monoisotopic (exact) mass is 221 g/mol. The second-order valence-corrected chi connectivity index (χ2v) is 4.51. The Balaban J connectivity index is 2.46. The van der Waals surface area contributed by atoms with Gasteiger partial charge in [-0.25, -0.2) is 0 Å². The number of rotatable bonds is 3. The lowest BCUT2D eigenvalue weighted by Crippen LogP contribution is -2.08. The third-order valence-corrected chi connectivity index (χ3v) is 3.44. The minimum atomic E-state index is 0.671. The molecule has 2 aromatic rings. The molecule has 0 aliphatic carbocycles. The molecular formula is C11H15N3S. The van der Waals surface area contributed by atoms with Gasteiger partial charge in [-0.3, -0.25) is 4.68 Å². The largest absolute Gasteiger partial charge is 0.330 e. The lowest BCUT2D eigenvalue weighted by Gasteiger charge is -1.99. The Hall–Kier alpha value is -1.13. The van der Waals surface area contributed by atoms with Crippen LogP contribution in [0, 0.1) is 6.92 Å². The van der Waals surface area contributed by atoms with E-state index in [4.69, 9.17) is 5.73 Å². The van der Waals surface area contributed by atoms with E-state index in [1.807, 2.05) is 11.7 Å². The first-order valence-electron chi connectivity index (χ1n) is 5.00. The fourth-order valence-electron chi connectivity index (χ4n) is 1.80. The summed E-state index contributed by atoms with van der Waals surface area (Å²) in [6.45, 7) is 2.79. The normalized spacial score (nSPS) is 10.9. The van der Waals surface area contributed by atoms with E-state index >= 15 is 0 Å². The van der Waals surface area contributed by atoms with Crippen LogP contribution in [0.5, 0.6) is 0 Å². The Bertz CT molecular complexity index is 443. The summed E-state index contributed by atoms with van der Waals surface area (Å²) in [5.41, 5.74) is 9.17. The Morgan fingerprint density at radius 1 is 1.53 bits per heavy atom. The molecule has 4 heteroatoms. The third kappa shape index (κ3) is 1.82. The maximum Gasteiger partial charge on any atom is 0.105 e. The quantitative estimate of drug-likeness (QED) is 0.861. The summed E-state index contributed by atoms with van der Waals surface area (Å²) in [5, 5.41) is 6.62. The molecule has 0 spiro atoms. The van der Waals surface area contributed by atoms with Gasteiger partial charge in [-0.05, 0) is 30.5 Å². The molecule has 0 radical (unpaired) electrons. The van der Waals surface area contributed by atoms with Crippen molar-refractivity contribution >= 4 is 11.3 Å². The number of hydrogen-bond acceptors (Lipinski definition) is 3. The number of aromatic nitrogens is 2. The van der Waals surface area contributed by atoms with Crippen molar-refractivity contribution in [3.8, 4) is 10.6 Å². The first kappa shape index (κ1) is 10.4. The van der Waals surface area contributed by atoms with Crippen molar-refractivity contribution in [2.45, 2.75) is 13.3 Å². The average molecular weight is 221 g/mol. The lowest BCUT2D eigenvalue weighted by atomic mass is 10.1. The van der Waals surface area contributed by atoms with E-state index in [9.17, 15) is 0 Å². The van der Waals surface area contributed by atoms with Crippen LogP contribution in [0.2, 0.25) is 0 Å². The molecule has 0 amide bonds. The molecule has 80 valence electrons. The summed E-state index contributed by atoms with van der Waals surface area (Å²) < 4.78 is 1.94. The van der Waals surface area contributed by atoms with Crippen LogP contribution in [0.15, 0.2) is 17.5 Å². The van der Waals surface area contributed by atoms with Gasteiger partial charge in [0.15, 0.2) is 0 Å². The van der Waals surface area contributed by atoms with Gasteiger partial charge in [-0.1, -0.05) is 6.07 Å². The van der Waals surface area contributed by atoms with Crippen LogP contribution in [0.25, 0.3) is 10.6 Å². The highest BCUT2D eigenvalue weighted by Gasteiger charge is 2.13. The van der Waals surface area contributed by atoms with E-state index in [1.165, 1.54) is 16.1 Å². The van der Waals surface area contributed by atoms with Crippen LogP contribution >= 0.6 is 11.3 Å². The summed E-state index contributed by atoms with van der Waals surface area (Å²) in [7, 11) is 1.98. The van der Waals surface area contributed by atoms with Crippen molar-refractivity contribution in [1.29, 1.82) is 0 Å². The van der Waals surface area contributed by atoms with Crippen LogP contribution in [-0.4, -0.2) is 16.3 Å². The van der Waals surface area contributed by atoms with Gasteiger partial charge in [0.05, 0.1) is 4.88 Å². The third-order valence-electron chi connectivity index (χ3n) is 2.56. The summed E-state index contributed by atoms with van der Waals surface area (Å²) >= 11 is 1.72. The molecule has 0 atom stereocenters. The first-order valence-corrected chi connectivity index (χ1v) is 5.88. The van der Waals surface area contributed by atoms with Gasteiger partial charge in [0, 0.05) is 19.2 Å². The van der Waals surface area contributed by atoms with Crippen molar-refractivity contribution in [2.75, 3.05) is 6.54 Å². The second-order valence-electron chi connectivity index (χ2n) is 3.56. The molecule has 0 fully saturated rings. The molecule has 2 N–H and O–H groups in total. The number of nitrogens with two attached hydrogens (primary N) is 1. The van der Waals surface area contributed by atoms with Gasteiger partial charge in [-0.2, -0.15) is 5.10 Å². The van der Waals surface area contributed by atoms with E-state index in [-0.39, 0.29) is 0 Å².